The molecule has 132 valence electrons. The lowest BCUT2D eigenvalue weighted by Gasteiger charge is -2.10. The highest BCUT2D eigenvalue weighted by molar-refractivity contribution is 5.89. The predicted molar refractivity (Wildman–Crippen MR) is 94.5 cm³/mol. The molecule has 0 fully saturated rings. The molecule has 1 aromatic carbocycles. The molecule has 0 aliphatic carbocycles. The largest absolute Gasteiger partial charge is 0.490 e. The summed E-state index contributed by atoms with van der Waals surface area (Å²) in [5.41, 5.74) is 7.56. The molecule has 0 aliphatic rings. The van der Waals surface area contributed by atoms with Crippen molar-refractivity contribution in [3.63, 3.8) is 0 Å². The topological polar surface area (TPSA) is 119 Å². The van der Waals surface area contributed by atoms with Gasteiger partial charge in [0.15, 0.2) is 0 Å². The van der Waals surface area contributed by atoms with E-state index in [-0.39, 0.29) is 5.56 Å². The van der Waals surface area contributed by atoms with Crippen molar-refractivity contribution in [3.8, 4) is 16.9 Å². The minimum atomic E-state index is -0.254. The van der Waals surface area contributed by atoms with Gasteiger partial charge in [0.25, 0.3) is 5.56 Å². The van der Waals surface area contributed by atoms with Crippen molar-refractivity contribution >= 4 is 10.9 Å². The van der Waals surface area contributed by atoms with Gasteiger partial charge in [-0.3, -0.25) is 9.89 Å². The number of nitrogens with zero attached hydrogens (tertiary/aromatic N) is 2. The molecule has 0 atom stereocenters. The second kappa shape index (κ2) is 8.41. The fourth-order valence-corrected chi connectivity index (χ4v) is 2.50. The Morgan fingerprint density at radius 2 is 1.84 bits per heavy atom. The van der Waals surface area contributed by atoms with Crippen LogP contribution in [0.25, 0.3) is 22.0 Å². The van der Waals surface area contributed by atoms with Gasteiger partial charge in [0.2, 0.25) is 0 Å². The SMILES string of the molecule is NCCCCOCCOc1cc(-c2cn[nH]c(=O)c2)cc2[nH]ncc12. The van der Waals surface area contributed by atoms with Crippen LogP contribution >= 0.6 is 0 Å². The zero-order chi connectivity index (χ0) is 17.5. The van der Waals surface area contributed by atoms with Crippen molar-refractivity contribution in [1.29, 1.82) is 0 Å². The van der Waals surface area contributed by atoms with E-state index in [2.05, 4.69) is 20.4 Å². The number of H-pyrrole nitrogens is 2. The monoisotopic (exact) mass is 343 g/mol. The van der Waals surface area contributed by atoms with Crippen molar-refractivity contribution in [2.75, 3.05) is 26.4 Å². The summed E-state index contributed by atoms with van der Waals surface area (Å²) < 4.78 is 11.4. The van der Waals surface area contributed by atoms with E-state index in [1.54, 1.807) is 12.4 Å². The summed E-state index contributed by atoms with van der Waals surface area (Å²) in [6, 6.07) is 5.28. The molecule has 2 heterocycles. The number of fused-ring (bicyclic) bond motifs is 1. The zero-order valence-corrected chi connectivity index (χ0v) is 13.8. The van der Waals surface area contributed by atoms with Gasteiger partial charge in [-0.2, -0.15) is 10.2 Å². The van der Waals surface area contributed by atoms with Crippen molar-refractivity contribution < 1.29 is 9.47 Å². The normalized spacial score (nSPS) is 11.1. The Balaban J connectivity index is 1.71. The van der Waals surface area contributed by atoms with Crippen LogP contribution in [-0.2, 0) is 4.74 Å². The lowest BCUT2D eigenvalue weighted by molar-refractivity contribution is 0.0982. The molecule has 4 N–H and O–H groups in total. The molecule has 0 radical (unpaired) electrons. The van der Waals surface area contributed by atoms with Gasteiger partial charge in [-0.25, -0.2) is 5.10 Å². The highest BCUT2D eigenvalue weighted by atomic mass is 16.5. The minimum Gasteiger partial charge on any atom is -0.490 e. The maximum Gasteiger partial charge on any atom is 0.264 e. The van der Waals surface area contributed by atoms with E-state index in [1.807, 2.05) is 12.1 Å². The first-order chi connectivity index (χ1) is 12.3. The number of hydrogen-bond acceptors (Lipinski definition) is 6. The van der Waals surface area contributed by atoms with Crippen LogP contribution in [0.3, 0.4) is 0 Å². The Labute approximate surface area is 144 Å². The van der Waals surface area contributed by atoms with Gasteiger partial charge < -0.3 is 15.2 Å². The summed E-state index contributed by atoms with van der Waals surface area (Å²) in [6.45, 7) is 2.29. The van der Waals surface area contributed by atoms with Crippen LogP contribution in [0.15, 0.2) is 35.4 Å². The number of hydrogen-bond donors (Lipinski definition) is 3. The van der Waals surface area contributed by atoms with E-state index >= 15 is 0 Å². The second-order valence-electron chi connectivity index (χ2n) is 5.60. The summed E-state index contributed by atoms with van der Waals surface area (Å²) in [4.78, 5) is 11.5. The van der Waals surface area contributed by atoms with Crippen LogP contribution < -0.4 is 16.0 Å². The zero-order valence-electron chi connectivity index (χ0n) is 13.8. The maximum absolute atomic E-state index is 11.5. The van der Waals surface area contributed by atoms with Gasteiger partial charge in [0.1, 0.15) is 12.4 Å². The lowest BCUT2D eigenvalue weighted by atomic mass is 10.1. The molecule has 8 heteroatoms. The van der Waals surface area contributed by atoms with E-state index in [0.717, 1.165) is 29.3 Å². The number of aromatic nitrogens is 4. The highest BCUT2D eigenvalue weighted by Crippen LogP contribution is 2.30. The molecule has 8 nitrogen and oxygen atoms in total. The van der Waals surface area contributed by atoms with Gasteiger partial charge >= 0.3 is 0 Å². The van der Waals surface area contributed by atoms with Crippen LogP contribution in [0.2, 0.25) is 0 Å². The Kier molecular flexibility index (Phi) is 5.76. The Hall–Kier alpha value is -2.71. The molecule has 0 unspecified atom stereocenters. The van der Waals surface area contributed by atoms with E-state index in [4.69, 9.17) is 15.2 Å². The summed E-state index contributed by atoms with van der Waals surface area (Å²) in [6.07, 6.45) is 5.23. The van der Waals surface area contributed by atoms with Gasteiger partial charge in [-0.05, 0) is 37.1 Å². The van der Waals surface area contributed by atoms with Crippen molar-refractivity contribution in [1.82, 2.24) is 20.4 Å². The van der Waals surface area contributed by atoms with E-state index in [1.165, 1.54) is 6.07 Å². The van der Waals surface area contributed by atoms with Crippen molar-refractivity contribution in [3.05, 3.63) is 40.9 Å². The van der Waals surface area contributed by atoms with Gasteiger partial charge in [0.05, 0.1) is 29.9 Å². The summed E-state index contributed by atoms with van der Waals surface area (Å²) in [5, 5.41) is 14.1. The van der Waals surface area contributed by atoms with Crippen LogP contribution in [0, 0.1) is 0 Å². The van der Waals surface area contributed by atoms with Crippen LogP contribution in [-0.4, -0.2) is 46.8 Å². The van der Waals surface area contributed by atoms with Crippen LogP contribution in [0.5, 0.6) is 5.75 Å². The number of ether oxygens (including phenoxy) is 2. The quantitative estimate of drug-likeness (QED) is 0.506. The first-order valence-corrected chi connectivity index (χ1v) is 8.21. The number of rotatable bonds is 9. The highest BCUT2D eigenvalue weighted by Gasteiger charge is 2.09. The third-order valence-electron chi connectivity index (χ3n) is 3.75. The predicted octanol–water partition coefficient (Wildman–Crippen LogP) is 1.45. The summed E-state index contributed by atoms with van der Waals surface area (Å²) in [5.74, 6) is 0.687. The van der Waals surface area contributed by atoms with Crippen LogP contribution in [0.4, 0.5) is 0 Å². The standard InChI is InChI=1S/C17H21N5O3/c18-3-1-2-4-24-5-6-25-16-8-12(7-15-14(16)11-20-21-15)13-9-17(23)22-19-10-13/h7-11H,1-6,18H2,(H,20,21)(H,22,23). The fraction of sp³-hybridized carbons (Fsp3) is 0.353. The molecule has 0 aliphatic heterocycles. The smallest absolute Gasteiger partial charge is 0.264 e. The molecule has 0 saturated heterocycles. The summed E-state index contributed by atoms with van der Waals surface area (Å²) in [7, 11) is 0. The molecular formula is C17H21N5O3. The van der Waals surface area contributed by atoms with E-state index in [0.29, 0.717) is 37.7 Å². The van der Waals surface area contributed by atoms with E-state index < -0.39 is 0 Å². The van der Waals surface area contributed by atoms with Crippen LogP contribution in [0.1, 0.15) is 12.8 Å². The molecule has 0 amide bonds. The minimum absolute atomic E-state index is 0.254. The molecule has 0 bridgehead atoms. The molecule has 2 aromatic heterocycles. The molecule has 0 saturated carbocycles. The van der Waals surface area contributed by atoms with Crippen molar-refractivity contribution in [2.24, 2.45) is 5.73 Å². The average molecular weight is 343 g/mol. The van der Waals surface area contributed by atoms with Gasteiger partial charge in [-0.1, -0.05) is 0 Å². The molecule has 0 spiro atoms. The summed E-state index contributed by atoms with van der Waals surface area (Å²) >= 11 is 0. The first kappa shape index (κ1) is 17.1. The van der Waals surface area contributed by atoms with Gasteiger partial charge in [-0.15, -0.1) is 0 Å². The Bertz CT molecular complexity index is 874. The fourth-order valence-electron chi connectivity index (χ4n) is 2.50. The first-order valence-electron chi connectivity index (χ1n) is 8.21. The number of unbranched alkanes of at least 4 members (excludes halogenated alkanes) is 1. The second-order valence-corrected chi connectivity index (χ2v) is 5.60. The lowest BCUT2D eigenvalue weighted by Crippen LogP contribution is -2.09. The molecular weight excluding hydrogens is 322 g/mol. The number of benzene rings is 1. The Morgan fingerprint density at radius 3 is 2.68 bits per heavy atom. The van der Waals surface area contributed by atoms with Gasteiger partial charge in [0, 0.05) is 18.2 Å². The number of aromatic amines is 2. The number of nitrogens with two attached hydrogens (primary N) is 1. The average Bonchev–Trinajstić information content (AvgIpc) is 3.09. The third-order valence-corrected chi connectivity index (χ3v) is 3.75. The third kappa shape index (κ3) is 4.43. The molecule has 3 rings (SSSR count). The molecule has 25 heavy (non-hydrogen) atoms. The van der Waals surface area contributed by atoms with Crippen molar-refractivity contribution in [2.45, 2.75) is 12.8 Å². The van der Waals surface area contributed by atoms with E-state index in [9.17, 15) is 4.79 Å². The Morgan fingerprint density at radius 1 is 0.960 bits per heavy atom. The maximum atomic E-state index is 11.5. The number of nitrogens with one attached hydrogen (secondary N) is 2. The molecule has 3 aromatic rings.